The zero-order valence-electron chi connectivity index (χ0n) is 23.8. The fraction of sp³-hybridized carbons (Fsp3) is 0.484. The van der Waals surface area contributed by atoms with Crippen molar-refractivity contribution in [2.75, 3.05) is 28.4 Å². The van der Waals surface area contributed by atoms with Gasteiger partial charge in [0.2, 0.25) is 5.79 Å². The molecule has 4 saturated carbocycles. The van der Waals surface area contributed by atoms with Crippen molar-refractivity contribution in [1.82, 2.24) is 0 Å². The molecule has 5 fully saturated rings. The van der Waals surface area contributed by atoms with Gasteiger partial charge in [-0.05, 0) is 68.2 Å². The first kappa shape index (κ1) is 28.3. The van der Waals surface area contributed by atoms with Gasteiger partial charge in [0.1, 0.15) is 0 Å². The lowest BCUT2D eigenvalue weighted by Crippen LogP contribution is -2.59. The van der Waals surface area contributed by atoms with Crippen LogP contribution in [0.4, 0.5) is 0 Å². The summed E-state index contributed by atoms with van der Waals surface area (Å²) in [4.78, 5) is 63.2. The zero-order valence-corrected chi connectivity index (χ0v) is 23.8. The fourth-order valence-corrected chi connectivity index (χ4v) is 7.54. The Balaban J connectivity index is 1.54. The highest BCUT2D eigenvalue weighted by atomic mass is 17.3. The van der Waals surface area contributed by atoms with Crippen LogP contribution in [0.5, 0.6) is 0 Å². The van der Waals surface area contributed by atoms with Crippen LogP contribution in [0.3, 0.4) is 0 Å². The Morgan fingerprint density at radius 2 is 1.00 bits per heavy atom. The molecule has 1 saturated heterocycles. The summed E-state index contributed by atoms with van der Waals surface area (Å²) in [6, 6.07) is 8.86. The lowest BCUT2D eigenvalue weighted by molar-refractivity contribution is -0.387. The highest BCUT2D eigenvalue weighted by molar-refractivity contribution is 6.04. The topological polar surface area (TPSA) is 133 Å². The molecular formula is C31H32O11. The number of esters is 4. The minimum absolute atomic E-state index is 0.0113. The van der Waals surface area contributed by atoms with Gasteiger partial charge in [0.15, 0.2) is 0 Å². The maximum atomic E-state index is 12.8. The van der Waals surface area contributed by atoms with Gasteiger partial charge in [-0.15, -0.1) is 0 Å². The number of ether oxygens (including phenoxy) is 5. The van der Waals surface area contributed by atoms with Crippen molar-refractivity contribution >= 4 is 23.9 Å². The van der Waals surface area contributed by atoms with Crippen molar-refractivity contribution in [3.8, 4) is 0 Å². The van der Waals surface area contributed by atoms with Crippen LogP contribution in [0.1, 0.15) is 84.7 Å². The van der Waals surface area contributed by atoms with Gasteiger partial charge in [-0.1, -0.05) is 12.1 Å². The van der Waals surface area contributed by atoms with Crippen molar-refractivity contribution in [3.63, 3.8) is 0 Å². The zero-order chi connectivity index (χ0) is 29.8. The number of carbonyl (C=O) groups excluding carboxylic acids is 4. The largest absolute Gasteiger partial charge is 0.465 e. The predicted molar refractivity (Wildman–Crippen MR) is 142 cm³/mol. The van der Waals surface area contributed by atoms with Crippen LogP contribution in [-0.4, -0.2) is 58.1 Å². The van der Waals surface area contributed by atoms with E-state index < -0.39 is 35.5 Å². The molecule has 7 rings (SSSR count). The first-order chi connectivity index (χ1) is 20.2. The number of carbonyl (C=O) groups is 4. The third-order valence-corrected chi connectivity index (χ3v) is 9.29. The van der Waals surface area contributed by atoms with E-state index in [-0.39, 0.29) is 34.1 Å². The van der Waals surface area contributed by atoms with E-state index in [4.69, 9.17) is 33.5 Å². The highest BCUT2D eigenvalue weighted by Crippen LogP contribution is 2.64. The quantitative estimate of drug-likeness (QED) is 0.277. The van der Waals surface area contributed by atoms with E-state index >= 15 is 0 Å². The summed E-state index contributed by atoms with van der Waals surface area (Å²) in [6.07, 6.45) is 4.97. The van der Waals surface area contributed by atoms with Crippen LogP contribution in [0.25, 0.3) is 0 Å². The maximum absolute atomic E-state index is 12.8. The Labute approximate surface area is 242 Å². The van der Waals surface area contributed by atoms with Gasteiger partial charge in [-0.2, -0.15) is 9.78 Å². The molecule has 1 spiro atoms. The Hall–Kier alpha value is -3.80. The van der Waals surface area contributed by atoms with Crippen molar-refractivity contribution < 1.29 is 52.6 Å². The van der Waals surface area contributed by atoms with E-state index in [1.807, 2.05) is 0 Å². The van der Waals surface area contributed by atoms with E-state index in [9.17, 15) is 19.2 Å². The second-order valence-electron chi connectivity index (χ2n) is 11.4. The number of benzene rings is 2. The van der Waals surface area contributed by atoms with E-state index in [2.05, 4.69) is 0 Å². The van der Waals surface area contributed by atoms with E-state index in [1.165, 1.54) is 59.1 Å². The van der Waals surface area contributed by atoms with Gasteiger partial charge in [-0.25, -0.2) is 19.2 Å². The second kappa shape index (κ2) is 10.5. The number of rotatable bonds is 6. The normalized spacial score (nSPS) is 28.4. The Bertz CT molecular complexity index is 1350. The van der Waals surface area contributed by atoms with Gasteiger partial charge in [0, 0.05) is 23.0 Å². The van der Waals surface area contributed by atoms with Crippen molar-refractivity contribution in [2.24, 2.45) is 23.7 Å². The summed E-state index contributed by atoms with van der Waals surface area (Å²) in [7, 11) is 4.83. The molecule has 0 aromatic heterocycles. The molecule has 11 heteroatoms. The van der Waals surface area contributed by atoms with Crippen LogP contribution < -0.4 is 0 Å². The van der Waals surface area contributed by atoms with Crippen LogP contribution >= 0.6 is 0 Å². The smallest absolute Gasteiger partial charge is 0.338 e. The molecular weight excluding hydrogens is 548 g/mol. The molecule has 5 aliphatic rings. The Morgan fingerprint density at radius 1 is 0.595 bits per heavy atom. The molecule has 4 bridgehead atoms. The second-order valence-corrected chi connectivity index (χ2v) is 11.4. The summed E-state index contributed by atoms with van der Waals surface area (Å²) in [5.74, 6) is -4.47. The molecule has 1 heterocycles. The Kier molecular flexibility index (Phi) is 7.07. The van der Waals surface area contributed by atoms with Crippen LogP contribution in [0, 0.1) is 23.7 Å². The minimum atomic E-state index is -1.79. The summed E-state index contributed by atoms with van der Waals surface area (Å²) < 4.78 is 26.7. The molecule has 11 nitrogen and oxygen atoms in total. The molecule has 0 N–H and O–H groups in total. The number of hydrogen-bond acceptors (Lipinski definition) is 11. The summed E-state index contributed by atoms with van der Waals surface area (Å²) in [5, 5.41) is 0. The molecule has 0 unspecified atom stereocenters. The third kappa shape index (κ3) is 4.21. The van der Waals surface area contributed by atoms with Crippen molar-refractivity contribution in [3.05, 3.63) is 69.8 Å². The first-order valence-electron chi connectivity index (χ1n) is 13.9. The molecule has 0 atom stereocenters. The molecule has 222 valence electrons. The average molecular weight is 581 g/mol. The minimum Gasteiger partial charge on any atom is -0.465 e. The van der Waals surface area contributed by atoms with Gasteiger partial charge >= 0.3 is 23.9 Å². The molecule has 42 heavy (non-hydrogen) atoms. The molecule has 0 amide bonds. The van der Waals surface area contributed by atoms with Gasteiger partial charge in [0.05, 0.1) is 50.7 Å². The van der Waals surface area contributed by atoms with Crippen molar-refractivity contribution in [2.45, 2.75) is 43.7 Å². The lowest BCUT2D eigenvalue weighted by atomic mass is 9.53. The van der Waals surface area contributed by atoms with Gasteiger partial charge in [0.25, 0.3) is 5.79 Å². The van der Waals surface area contributed by atoms with Crippen LogP contribution in [0.15, 0.2) is 36.4 Å². The highest BCUT2D eigenvalue weighted by Gasteiger charge is 2.67. The first-order valence-corrected chi connectivity index (χ1v) is 13.9. The Morgan fingerprint density at radius 3 is 1.40 bits per heavy atom. The number of hydrogen-bond donors (Lipinski definition) is 0. The molecule has 1 aliphatic heterocycles. The van der Waals surface area contributed by atoms with Crippen LogP contribution in [0.2, 0.25) is 0 Å². The van der Waals surface area contributed by atoms with Gasteiger partial charge in [-0.3, -0.25) is 0 Å². The molecule has 2 aromatic carbocycles. The molecule has 4 aliphatic carbocycles. The van der Waals surface area contributed by atoms with Crippen LogP contribution in [-0.2, 0) is 39.2 Å². The number of methoxy groups -OCH3 is 4. The summed E-state index contributed by atoms with van der Waals surface area (Å²) in [6.45, 7) is 0. The summed E-state index contributed by atoms with van der Waals surface area (Å²) >= 11 is 0. The third-order valence-electron chi connectivity index (χ3n) is 9.29. The van der Waals surface area contributed by atoms with E-state index in [0.717, 1.165) is 25.7 Å². The molecule has 2 aromatic rings. The maximum Gasteiger partial charge on any atom is 0.338 e. The van der Waals surface area contributed by atoms with Gasteiger partial charge < -0.3 is 23.7 Å². The lowest BCUT2D eigenvalue weighted by Gasteiger charge is -2.57. The average Bonchev–Trinajstić information content (AvgIpc) is 3.44. The molecule has 0 radical (unpaired) electrons. The standard InChI is InChI=1S/C31H32O11/c1-36-26(32)22-7-5-18(14-24(22)28(34)38-3)30(19-6-8-23(27(33)37-2)25(15-19)29(35)39-4)40-31(42-41-30)20-10-16-9-17(12-20)13-21(31)11-16/h5-8,14-17,20-21H,9-13H2,1-4H3. The monoisotopic (exact) mass is 580 g/mol. The fourth-order valence-electron chi connectivity index (χ4n) is 7.54. The summed E-state index contributed by atoms with van der Waals surface area (Å²) in [5.41, 5.74) is 0.453. The predicted octanol–water partition coefficient (Wildman–Crippen LogP) is 4.16. The van der Waals surface area contributed by atoms with E-state index in [0.29, 0.717) is 23.0 Å². The van der Waals surface area contributed by atoms with Crippen molar-refractivity contribution in [1.29, 1.82) is 0 Å². The SMILES string of the molecule is COC(=O)c1ccc(C2(c3ccc(C(=O)OC)c(C(=O)OC)c3)OOC3(O2)C2CC4CC(C2)CC3C4)cc1C(=O)OC. The van der Waals surface area contributed by atoms with E-state index in [1.54, 1.807) is 12.1 Å².